The summed E-state index contributed by atoms with van der Waals surface area (Å²) in [4.78, 5) is 39.2. The van der Waals surface area contributed by atoms with Gasteiger partial charge < -0.3 is 19.2 Å². The van der Waals surface area contributed by atoms with Crippen molar-refractivity contribution in [3.8, 4) is 5.75 Å². The lowest BCUT2D eigenvalue weighted by Crippen LogP contribution is -2.33. The van der Waals surface area contributed by atoms with Crippen LogP contribution in [-0.4, -0.2) is 40.3 Å². The third kappa shape index (κ3) is 4.31. The number of amides is 1. The zero-order valence-electron chi connectivity index (χ0n) is 19.8. The first-order valence-electron chi connectivity index (χ1n) is 11.5. The van der Waals surface area contributed by atoms with Crippen molar-refractivity contribution in [1.82, 2.24) is 4.90 Å². The van der Waals surface area contributed by atoms with Gasteiger partial charge in [-0.15, -0.1) is 0 Å². The highest BCUT2D eigenvalue weighted by atomic mass is 16.6. The highest BCUT2D eigenvalue weighted by molar-refractivity contribution is 6.16. The van der Waals surface area contributed by atoms with E-state index in [1.54, 1.807) is 24.3 Å². The Balaban J connectivity index is 1.58. The van der Waals surface area contributed by atoms with Gasteiger partial charge >= 0.3 is 0 Å². The van der Waals surface area contributed by atoms with Gasteiger partial charge in [0, 0.05) is 24.1 Å². The fourth-order valence-electron chi connectivity index (χ4n) is 4.61. The minimum absolute atomic E-state index is 0.0887. The Kier molecular flexibility index (Phi) is 6.19. The van der Waals surface area contributed by atoms with E-state index in [0.717, 1.165) is 5.56 Å². The summed E-state index contributed by atoms with van der Waals surface area (Å²) >= 11 is 0. The molecule has 1 aliphatic heterocycles. The number of ether oxygens (including phenoxy) is 1. The van der Waals surface area contributed by atoms with Crippen LogP contribution in [0.5, 0.6) is 5.75 Å². The van der Waals surface area contributed by atoms with E-state index in [-0.39, 0.29) is 23.6 Å². The van der Waals surface area contributed by atoms with E-state index in [1.165, 1.54) is 36.3 Å². The van der Waals surface area contributed by atoms with Crippen molar-refractivity contribution >= 4 is 28.3 Å². The van der Waals surface area contributed by atoms with Gasteiger partial charge in [-0.3, -0.25) is 19.7 Å². The van der Waals surface area contributed by atoms with Crippen LogP contribution >= 0.6 is 0 Å². The van der Waals surface area contributed by atoms with Crippen LogP contribution < -0.4 is 4.74 Å². The molecule has 1 N–H and O–H groups in total. The number of rotatable bonds is 8. The standard InChI is InChI=1S/C28H22N2O7/c1-36-21-12-6-10-19-16-22(37-27(19)21)25(31)23-24(18-9-5-11-20(15-18)30(34)35)29(28(33)26(23)32)14-13-17-7-3-2-4-8-17/h2-12,15-16,24,32H,13-14H2,1H3. The van der Waals surface area contributed by atoms with Gasteiger partial charge in [0.2, 0.25) is 5.78 Å². The van der Waals surface area contributed by atoms with Crippen LogP contribution in [0.3, 0.4) is 0 Å². The summed E-state index contributed by atoms with van der Waals surface area (Å²) in [5.41, 5.74) is 1.25. The van der Waals surface area contributed by atoms with Crippen LogP contribution in [0.15, 0.2) is 94.6 Å². The van der Waals surface area contributed by atoms with E-state index < -0.39 is 28.4 Å². The molecule has 186 valence electrons. The van der Waals surface area contributed by atoms with Crippen LogP contribution in [0.4, 0.5) is 5.69 Å². The fraction of sp³-hybridized carbons (Fsp3) is 0.143. The van der Waals surface area contributed by atoms with E-state index in [4.69, 9.17) is 9.15 Å². The number of non-ortho nitro benzene ring substituents is 1. The third-order valence-corrected chi connectivity index (χ3v) is 6.38. The maximum atomic E-state index is 13.7. The average molecular weight is 498 g/mol. The topological polar surface area (TPSA) is 123 Å². The smallest absolute Gasteiger partial charge is 0.290 e. The number of carbonyl (C=O) groups is 2. The van der Waals surface area contributed by atoms with Crippen molar-refractivity contribution in [1.29, 1.82) is 0 Å². The Bertz CT molecular complexity index is 1560. The summed E-state index contributed by atoms with van der Waals surface area (Å²) in [5, 5.41) is 23.0. The summed E-state index contributed by atoms with van der Waals surface area (Å²) in [6.07, 6.45) is 0.453. The number of Topliss-reactive ketones (excluding diaryl/α,β-unsaturated/α-hetero) is 1. The lowest BCUT2D eigenvalue weighted by atomic mass is 9.94. The minimum Gasteiger partial charge on any atom is -0.503 e. The zero-order valence-corrected chi connectivity index (χ0v) is 19.8. The number of ketones is 1. The van der Waals surface area contributed by atoms with E-state index in [2.05, 4.69) is 0 Å². The van der Waals surface area contributed by atoms with E-state index in [9.17, 15) is 24.8 Å². The van der Waals surface area contributed by atoms with Gasteiger partial charge in [0.25, 0.3) is 11.6 Å². The summed E-state index contributed by atoms with van der Waals surface area (Å²) < 4.78 is 11.1. The van der Waals surface area contributed by atoms with Gasteiger partial charge in [-0.05, 0) is 29.7 Å². The average Bonchev–Trinajstić information content (AvgIpc) is 3.47. The summed E-state index contributed by atoms with van der Waals surface area (Å²) in [7, 11) is 1.48. The molecule has 5 rings (SSSR count). The predicted octanol–water partition coefficient (Wildman–Crippen LogP) is 5.17. The van der Waals surface area contributed by atoms with Crippen molar-refractivity contribution in [3.05, 3.63) is 117 Å². The number of aliphatic hydroxyl groups is 1. The molecule has 1 aliphatic rings. The molecule has 9 heteroatoms. The Morgan fingerprint density at radius 1 is 1.08 bits per heavy atom. The Labute approximate surface area is 211 Å². The number of methoxy groups -OCH3 is 1. The lowest BCUT2D eigenvalue weighted by Gasteiger charge is -2.26. The molecule has 0 saturated heterocycles. The molecule has 1 amide bonds. The first-order chi connectivity index (χ1) is 17.9. The molecule has 0 fully saturated rings. The normalized spacial score (nSPS) is 15.4. The number of carbonyl (C=O) groups excluding carboxylic acids is 2. The van der Waals surface area contributed by atoms with Crippen molar-refractivity contribution in [2.24, 2.45) is 0 Å². The van der Waals surface area contributed by atoms with Gasteiger partial charge in [-0.25, -0.2) is 0 Å². The molecule has 9 nitrogen and oxygen atoms in total. The molecule has 0 saturated carbocycles. The van der Waals surface area contributed by atoms with Crippen LogP contribution in [0.2, 0.25) is 0 Å². The number of fused-ring (bicyclic) bond motifs is 1. The van der Waals surface area contributed by atoms with E-state index in [1.807, 2.05) is 30.3 Å². The van der Waals surface area contributed by atoms with Crippen molar-refractivity contribution in [2.75, 3.05) is 13.7 Å². The third-order valence-electron chi connectivity index (χ3n) is 6.38. The molecule has 1 unspecified atom stereocenters. The Morgan fingerprint density at radius 3 is 2.57 bits per heavy atom. The monoisotopic (exact) mass is 498 g/mol. The molecular formula is C28H22N2O7. The van der Waals surface area contributed by atoms with Gasteiger partial charge in [-0.2, -0.15) is 0 Å². The molecule has 0 spiro atoms. The van der Waals surface area contributed by atoms with Crippen molar-refractivity contribution < 1.29 is 28.8 Å². The Morgan fingerprint density at radius 2 is 1.84 bits per heavy atom. The molecular weight excluding hydrogens is 476 g/mol. The molecule has 1 atom stereocenters. The highest BCUT2D eigenvalue weighted by Crippen LogP contribution is 2.41. The van der Waals surface area contributed by atoms with E-state index >= 15 is 0 Å². The molecule has 0 bridgehead atoms. The molecule has 1 aromatic heterocycles. The summed E-state index contributed by atoms with van der Waals surface area (Å²) in [6.45, 7) is 0.172. The fourth-order valence-corrected chi connectivity index (χ4v) is 4.61. The zero-order chi connectivity index (χ0) is 26.1. The molecule has 0 radical (unpaired) electrons. The first-order valence-corrected chi connectivity index (χ1v) is 11.5. The maximum Gasteiger partial charge on any atom is 0.290 e. The Hall–Kier alpha value is -4.92. The van der Waals surface area contributed by atoms with Crippen molar-refractivity contribution in [3.63, 3.8) is 0 Å². The van der Waals surface area contributed by atoms with Crippen molar-refractivity contribution in [2.45, 2.75) is 12.5 Å². The number of nitro benzene ring substituents is 1. The van der Waals surface area contributed by atoms with E-state index in [0.29, 0.717) is 28.7 Å². The molecule has 3 aromatic carbocycles. The second kappa shape index (κ2) is 9.62. The highest BCUT2D eigenvalue weighted by Gasteiger charge is 2.44. The number of nitro groups is 1. The number of hydrogen-bond donors (Lipinski definition) is 1. The van der Waals surface area contributed by atoms with Gasteiger partial charge in [0.05, 0.1) is 23.6 Å². The first kappa shape index (κ1) is 23.8. The quantitative estimate of drug-likeness (QED) is 0.202. The number of para-hydroxylation sites is 1. The van der Waals surface area contributed by atoms with Gasteiger partial charge in [0.1, 0.15) is 0 Å². The van der Waals surface area contributed by atoms with Crippen LogP contribution in [0.25, 0.3) is 11.0 Å². The predicted molar refractivity (Wildman–Crippen MR) is 134 cm³/mol. The van der Waals surface area contributed by atoms with Crippen LogP contribution in [-0.2, 0) is 11.2 Å². The lowest BCUT2D eigenvalue weighted by molar-refractivity contribution is -0.384. The van der Waals surface area contributed by atoms with Gasteiger partial charge in [-0.1, -0.05) is 54.6 Å². The minimum atomic E-state index is -1.04. The number of furan rings is 1. The maximum absolute atomic E-state index is 13.7. The van der Waals surface area contributed by atoms with Crippen LogP contribution in [0, 0.1) is 10.1 Å². The molecule has 2 heterocycles. The molecule has 4 aromatic rings. The number of hydrogen-bond acceptors (Lipinski definition) is 7. The SMILES string of the molecule is COc1cccc2cc(C(=O)C3=C(O)C(=O)N(CCc4ccccc4)C3c3cccc([N+](=O)[O-])c3)oc12. The second-order valence-electron chi connectivity index (χ2n) is 8.57. The number of nitrogens with zero attached hydrogens (tertiary/aromatic N) is 2. The number of benzene rings is 3. The summed E-state index contributed by atoms with van der Waals surface area (Å²) in [6, 6.07) is 20.8. The molecule has 37 heavy (non-hydrogen) atoms. The van der Waals surface area contributed by atoms with Gasteiger partial charge in [0.15, 0.2) is 22.9 Å². The second-order valence-corrected chi connectivity index (χ2v) is 8.57. The number of aliphatic hydroxyl groups excluding tert-OH is 1. The summed E-state index contributed by atoms with van der Waals surface area (Å²) in [5.74, 6) is -1.79. The van der Waals surface area contributed by atoms with Crippen LogP contribution in [0.1, 0.15) is 27.7 Å². The molecule has 0 aliphatic carbocycles. The largest absolute Gasteiger partial charge is 0.503 e.